The molecule has 0 saturated heterocycles. The van der Waals surface area contributed by atoms with Gasteiger partial charge in [0.2, 0.25) is 0 Å². The largest absolute Gasteiger partial charge is 0.482 e. The van der Waals surface area contributed by atoms with Gasteiger partial charge in [-0.1, -0.05) is 13.1 Å². The third-order valence-corrected chi connectivity index (χ3v) is 1.66. The van der Waals surface area contributed by atoms with Crippen molar-refractivity contribution in [1.29, 1.82) is 0 Å². The van der Waals surface area contributed by atoms with Gasteiger partial charge in [0, 0.05) is 52.6 Å². The molecule has 0 atom stereocenters. The molecule has 1 aromatic heterocycles. The molecule has 4 radical (unpaired) electrons. The molecule has 0 aromatic carbocycles. The molecule has 0 N–H and O–H groups in total. The van der Waals surface area contributed by atoms with Crippen molar-refractivity contribution >= 4 is 15.7 Å². The average molecular weight is 435 g/mol. The van der Waals surface area contributed by atoms with Crippen LogP contribution in [0.5, 0.6) is 0 Å². The zero-order chi connectivity index (χ0) is 10.9. The molecule has 2 nitrogen and oxygen atoms in total. The van der Waals surface area contributed by atoms with E-state index in [0.29, 0.717) is 6.42 Å². The second-order valence-electron chi connectivity index (χ2n) is 2.69. The topological polar surface area (TPSA) is 17.8 Å². The Hall–Kier alpha value is 0.0518. The van der Waals surface area contributed by atoms with E-state index in [1.165, 1.54) is 0 Å². The normalized spacial score (nSPS) is 10.9. The number of hydrogen-bond acceptors (Lipinski definition) is 1. The van der Waals surface area contributed by atoms with E-state index in [1.807, 2.05) is 0 Å². The fourth-order valence-electron chi connectivity index (χ4n) is 1.03. The SMILES string of the molecule is [B][C-]([B])n1cc(C(F)(F)F)nc1CC.[U]. The van der Waals surface area contributed by atoms with Gasteiger partial charge in [0.05, 0.1) is 5.69 Å². The van der Waals surface area contributed by atoms with E-state index >= 15 is 0 Å². The number of halogens is 3. The number of rotatable bonds is 2. The average Bonchev–Trinajstić information content (AvgIpc) is 2.45. The van der Waals surface area contributed by atoms with Crippen LogP contribution in [0.2, 0.25) is 0 Å². The number of aryl methyl sites for hydroxylation is 1. The molecular formula is C7H6B2F3N2U-. The van der Waals surface area contributed by atoms with Crippen molar-refractivity contribution in [1.82, 2.24) is 9.55 Å². The number of nitrogens with zero attached hydrogens (tertiary/aromatic N) is 2. The molecule has 0 amide bonds. The maximum Gasteiger partial charge on any atom is 0.422 e. The first-order valence-electron chi connectivity index (χ1n) is 3.90. The minimum absolute atomic E-state index is 0. The Balaban J connectivity index is 0.00000196. The number of hydrogen-bond donors (Lipinski definition) is 0. The van der Waals surface area contributed by atoms with Crippen LogP contribution in [0.3, 0.4) is 0 Å². The number of aromatic nitrogens is 2. The molecule has 15 heavy (non-hydrogen) atoms. The Bertz CT molecular complexity index is 325. The fourth-order valence-corrected chi connectivity index (χ4v) is 1.03. The molecule has 76 valence electrons. The Morgan fingerprint density at radius 3 is 2.27 bits per heavy atom. The van der Waals surface area contributed by atoms with Gasteiger partial charge in [-0.3, -0.25) is 0 Å². The van der Waals surface area contributed by atoms with Gasteiger partial charge < -0.3 is 9.55 Å². The second kappa shape index (κ2) is 5.40. The van der Waals surface area contributed by atoms with E-state index in [9.17, 15) is 13.2 Å². The van der Waals surface area contributed by atoms with E-state index in [0.717, 1.165) is 10.8 Å². The van der Waals surface area contributed by atoms with Crippen molar-refractivity contribution in [2.75, 3.05) is 0 Å². The minimum atomic E-state index is -4.47. The second-order valence-corrected chi connectivity index (χ2v) is 2.69. The van der Waals surface area contributed by atoms with Gasteiger partial charge in [-0.15, -0.1) is 0 Å². The molecule has 0 unspecified atom stereocenters. The van der Waals surface area contributed by atoms with Crippen molar-refractivity contribution in [2.45, 2.75) is 19.5 Å². The van der Waals surface area contributed by atoms with Crippen molar-refractivity contribution < 1.29 is 44.3 Å². The van der Waals surface area contributed by atoms with E-state index < -0.39 is 11.9 Å². The zero-order valence-electron chi connectivity index (χ0n) is 7.97. The fraction of sp³-hybridized carbons (Fsp3) is 0.429. The molecule has 1 rings (SSSR count). The van der Waals surface area contributed by atoms with Gasteiger partial charge in [-0.05, 0) is 6.42 Å². The van der Waals surface area contributed by atoms with Crippen LogP contribution in [0.4, 0.5) is 13.2 Å². The Morgan fingerprint density at radius 1 is 1.47 bits per heavy atom. The Morgan fingerprint density at radius 2 is 2.00 bits per heavy atom. The van der Waals surface area contributed by atoms with Crippen LogP contribution in [0.15, 0.2) is 6.20 Å². The summed E-state index contributed by atoms with van der Waals surface area (Å²) >= 11 is 0. The minimum Gasteiger partial charge on any atom is -0.482 e. The maximum absolute atomic E-state index is 12.2. The van der Waals surface area contributed by atoms with Crippen LogP contribution in [-0.2, 0) is 12.6 Å². The van der Waals surface area contributed by atoms with E-state index in [1.54, 1.807) is 6.92 Å². The van der Waals surface area contributed by atoms with Gasteiger partial charge in [0.1, 0.15) is 0 Å². The summed E-state index contributed by atoms with van der Waals surface area (Å²) in [5, 5.41) is 0. The van der Waals surface area contributed by atoms with Crippen LogP contribution in [-0.4, -0.2) is 25.2 Å². The summed E-state index contributed by atoms with van der Waals surface area (Å²) in [6.45, 7) is 1.67. The van der Waals surface area contributed by atoms with Gasteiger partial charge in [0.25, 0.3) is 0 Å². The smallest absolute Gasteiger partial charge is 0.422 e. The van der Waals surface area contributed by atoms with Crippen molar-refractivity contribution in [3.8, 4) is 0 Å². The third kappa shape index (κ3) is 3.53. The van der Waals surface area contributed by atoms with Crippen molar-refractivity contribution in [3.63, 3.8) is 0 Å². The van der Waals surface area contributed by atoms with E-state index in [-0.39, 0.29) is 42.8 Å². The summed E-state index contributed by atoms with van der Waals surface area (Å²) in [6, 6.07) is 0. The van der Waals surface area contributed by atoms with Gasteiger partial charge >= 0.3 is 6.18 Å². The van der Waals surface area contributed by atoms with Gasteiger partial charge in [-0.2, -0.15) is 19.0 Å². The summed E-state index contributed by atoms with van der Waals surface area (Å²) < 4.78 is 37.7. The molecule has 0 bridgehead atoms. The van der Waals surface area contributed by atoms with E-state index in [4.69, 9.17) is 15.7 Å². The standard InChI is InChI=1S/C7H6B2F3N2.U/c1-2-5-13-4(7(10,11)12)3-14(5)6(8)9;/h3H,2H2,1H3;/q-1;. The van der Waals surface area contributed by atoms with Crippen LogP contribution < -0.4 is 0 Å². The first-order chi connectivity index (χ1) is 6.36. The third-order valence-electron chi connectivity index (χ3n) is 1.66. The van der Waals surface area contributed by atoms with Crippen LogP contribution in [0.25, 0.3) is 0 Å². The Labute approximate surface area is 112 Å². The first kappa shape index (κ1) is 15.1. The molecule has 1 heterocycles. The summed E-state index contributed by atoms with van der Waals surface area (Å²) in [5.74, 6) is -0.0258. The molecule has 0 fully saturated rings. The predicted octanol–water partition coefficient (Wildman–Crippen LogP) is 1.10. The monoisotopic (exact) mass is 435 g/mol. The first-order valence-corrected chi connectivity index (χ1v) is 3.90. The zero-order valence-corrected chi connectivity index (χ0v) is 12.1. The molecule has 1 aromatic rings. The Kier molecular flexibility index (Phi) is 5.42. The molecule has 0 saturated carbocycles. The predicted molar refractivity (Wildman–Crippen MR) is 46.8 cm³/mol. The molecule has 8 heteroatoms. The molecular weight excluding hydrogens is 429 g/mol. The number of alkyl halides is 3. The van der Waals surface area contributed by atoms with Crippen molar-refractivity contribution in [3.05, 3.63) is 23.6 Å². The number of imidazole rings is 1. The van der Waals surface area contributed by atoms with Gasteiger partial charge in [-0.25, -0.2) is 0 Å². The van der Waals surface area contributed by atoms with Gasteiger partial charge in [0.15, 0.2) is 0 Å². The summed E-state index contributed by atoms with van der Waals surface area (Å²) in [6.07, 6.45) is -3.35. The van der Waals surface area contributed by atoms with Crippen LogP contribution in [0.1, 0.15) is 18.4 Å². The summed E-state index contributed by atoms with van der Waals surface area (Å²) in [7, 11) is 10.4. The van der Waals surface area contributed by atoms with Crippen LogP contribution >= 0.6 is 0 Å². The molecule has 0 aliphatic heterocycles. The molecule has 0 aliphatic carbocycles. The molecule has 0 aliphatic rings. The van der Waals surface area contributed by atoms with E-state index in [2.05, 4.69) is 4.98 Å². The summed E-state index contributed by atoms with van der Waals surface area (Å²) in [5.41, 5.74) is -0.984. The van der Waals surface area contributed by atoms with Crippen molar-refractivity contribution in [2.24, 2.45) is 0 Å². The van der Waals surface area contributed by atoms with Crippen LogP contribution in [0, 0.1) is 37.0 Å². The summed E-state index contributed by atoms with van der Waals surface area (Å²) in [4.78, 5) is 3.38. The quantitative estimate of drug-likeness (QED) is 0.503. The molecule has 0 spiro atoms. The maximum atomic E-state index is 12.2.